The first-order valence-electron chi connectivity index (χ1n) is 13.7. The van der Waals surface area contributed by atoms with Gasteiger partial charge in [0.1, 0.15) is 17.1 Å². The molecule has 41 heavy (non-hydrogen) atoms. The normalized spacial score (nSPS) is 15.1. The van der Waals surface area contributed by atoms with E-state index in [0.717, 1.165) is 25.7 Å². The van der Waals surface area contributed by atoms with E-state index in [1.54, 1.807) is 18.2 Å². The summed E-state index contributed by atoms with van der Waals surface area (Å²) >= 11 is 5.66. The molecule has 1 amide bonds. The number of nitrogens with one attached hydrogen (secondary N) is 1. The SMILES string of the molecule is O=C(O)C1=CC(C(=O)NCCOCCOCCCCCCCl)CC=C1c1c2ccc(=O)cc-2oc2cc(O)ccc12. The van der Waals surface area contributed by atoms with Gasteiger partial charge in [-0.05, 0) is 49.1 Å². The number of halogens is 1. The zero-order valence-corrected chi connectivity index (χ0v) is 23.5. The molecule has 0 aromatic heterocycles. The zero-order valence-electron chi connectivity index (χ0n) is 22.7. The fourth-order valence-corrected chi connectivity index (χ4v) is 5.01. The van der Waals surface area contributed by atoms with Crippen LogP contribution in [0.1, 0.15) is 37.7 Å². The Labute approximate surface area is 242 Å². The number of unbranched alkanes of at least 4 members (excludes halogenated alkanes) is 3. The van der Waals surface area contributed by atoms with Crippen LogP contribution in [0.2, 0.25) is 0 Å². The summed E-state index contributed by atoms with van der Waals surface area (Å²) in [7, 11) is 0. The van der Waals surface area contributed by atoms with Crippen LogP contribution >= 0.6 is 11.6 Å². The number of allylic oxidation sites excluding steroid dienone is 1. The predicted molar refractivity (Wildman–Crippen MR) is 156 cm³/mol. The number of fused-ring (bicyclic) bond motifs is 2. The van der Waals surface area contributed by atoms with Crippen molar-refractivity contribution in [3.8, 4) is 17.1 Å². The molecule has 1 atom stereocenters. The van der Waals surface area contributed by atoms with E-state index in [9.17, 15) is 24.6 Å². The van der Waals surface area contributed by atoms with E-state index in [4.69, 9.17) is 25.5 Å². The maximum atomic E-state index is 12.8. The van der Waals surface area contributed by atoms with Gasteiger partial charge in [0, 0.05) is 47.7 Å². The summed E-state index contributed by atoms with van der Waals surface area (Å²) in [5, 5.41) is 23.5. The number of alkyl halides is 1. The zero-order chi connectivity index (χ0) is 29.2. The third kappa shape index (κ3) is 7.97. The smallest absolute Gasteiger partial charge is 0.336 e. The van der Waals surface area contributed by atoms with Gasteiger partial charge in [-0.25, -0.2) is 4.79 Å². The molecular weight excluding hydrogens is 550 g/mol. The fraction of sp³-hybridized carbons (Fsp3) is 0.387. The van der Waals surface area contributed by atoms with Crippen molar-refractivity contribution >= 4 is 40.0 Å². The monoisotopic (exact) mass is 583 g/mol. The van der Waals surface area contributed by atoms with E-state index in [1.807, 2.05) is 0 Å². The second kappa shape index (κ2) is 14.8. The van der Waals surface area contributed by atoms with Gasteiger partial charge in [-0.1, -0.05) is 25.0 Å². The summed E-state index contributed by atoms with van der Waals surface area (Å²) in [6, 6.07) is 8.84. The minimum atomic E-state index is -1.18. The number of phenols is 1. The van der Waals surface area contributed by atoms with E-state index in [-0.39, 0.29) is 41.4 Å². The maximum absolute atomic E-state index is 12.8. The Kier molecular flexibility index (Phi) is 11.0. The highest BCUT2D eigenvalue weighted by Gasteiger charge is 2.29. The molecule has 1 unspecified atom stereocenters. The van der Waals surface area contributed by atoms with Crippen LogP contribution in [-0.2, 0) is 19.1 Å². The average molecular weight is 584 g/mol. The lowest BCUT2D eigenvalue weighted by molar-refractivity contribution is -0.132. The Balaban J connectivity index is 1.38. The molecule has 1 aromatic carbocycles. The standard InChI is InChI=1S/C31H34ClNO8/c32-11-3-1-2-4-13-39-15-16-40-14-12-33-30(36)20-5-8-23(26(17-20)31(37)38)29-24-9-6-21(34)18-27(24)41-28-19-22(35)7-10-25(28)29/h6-10,17-20,34H,1-5,11-16H2,(H,33,36)(H,37,38). The molecule has 0 fully saturated rings. The number of carbonyl (C=O) groups excluding carboxylic acids is 1. The van der Waals surface area contributed by atoms with Gasteiger partial charge in [-0.15, -0.1) is 11.6 Å². The molecule has 1 heterocycles. The summed E-state index contributed by atoms with van der Waals surface area (Å²) in [6.07, 6.45) is 7.68. The van der Waals surface area contributed by atoms with Crippen molar-refractivity contribution in [1.29, 1.82) is 0 Å². The summed E-state index contributed by atoms with van der Waals surface area (Å²) in [4.78, 5) is 37.2. The van der Waals surface area contributed by atoms with Gasteiger partial charge >= 0.3 is 5.97 Å². The number of amides is 1. The Morgan fingerprint density at radius 2 is 1.78 bits per heavy atom. The van der Waals surface area contributed by atoms with Crippen molar-refractivity contribution in [2.45, 2.75) is 32.1 Å². The van der Waals surface area contributed by atoms with Gasteiger partial charge in [0.05, 0.1) is 31.3 Å². The van der Waals surface area contributed by atoms with Crippen molar-refractivity contribution in [2.24, 2.45) is 5.92 Å². The minimum absolute atomic E-state index is 0.0273. The first-order valence-corrected chi connectivity index (χ1v) is 14.3. The van der Waals surface area contributed by atoms with Crippen molar-refractivity contribution < 1.29 is 33.7 Å². The highest BCUT2D eigenvalue weighted by molar-refractivity contribution is 6.17. The number of phenolic OH excluding ortho intramolecular Hbond substituents is 1. The summed E-state index contributed by atoms with van der Waals surface area (Å²) in [5.74, 6) is -1.22. The average Bonchev–Trinajstić information content (AvgIpc) is 2.96. The molecule has 0 bridgehead atoms. The van der Waals surface area contributed by atoms with Crippen LogP contribution in [0.25, 0.3) is 27.9 Å². The lowest BCUT2D eigenvalue weighted by Gasteiger charge is -2.23. The number of carbonyl (C=O) groups is 2. The van der Waals surface area contributed by atoms with Crippen LogP contribution < -0.4 is 10.7 Å². The van der Waals surface area contributed by atoms with Crippen LogP contribution in [0.15, 0.2) is 63.3 Å². The number of aromatic hydroxyl groups is 1. The van der Waals surface area contributed by atoms with E-state index in [2.05, 4.69) is 5.32 Å². The molecule has 9 nitrogen and oxygen atoms in total. The molecule has 0 spiro atoms. The topological polar surface area (TPSA) is 135 Å². The molecule has 1 aromatic rings. The molecule has 4 rings (SSSR count). The number of rotatable bonds is 15. The quantitative estimate of drug-likeness (QED) is 0.130. The summed E-state index contributed by atoms with van der Waals surface area (Å²) in [5.41, 5.74) is 1.53. The van der Waals surface area contributed by atoms with E-state index in [1.165, 1.54) is 30.3 Å². The molecule has 0 saturated carbocycles. The highest BCUT2D eigenvalue weighted by atomic mass is 35.5. The third-order valence-electron chi connectivity index (χ3n) is 6.84. The van der Waals surface area contributed by atoms with Gasteiger partial charge in [0.25, 0.3) is 0 Å². The largest absolute Gasteiger partial charge is 0.508 e. The Morgan fingerprint density at radius 3 is 2.56 bits per heavy atom. The second-order valence-corrected chi connectivity index (χ2v) is 10.2. The lowest BCUT2D eigenvalue weighted by Crippen LogP contribution is -2.33. The van der Waals surface area contributed by atoms with Gasteiger partial charge < -0.3 is 29.4 Å². The first-order chi connectivity index (χ1) is 19.9. The maximum Gasteiger partial charge on any atom is 0.336 e. The van der Waals surface area contributed by atoms with Gasteiger partial charge in [0.2, 0.25) is 5.91 Å². The van der Waals surface area contributed by atoms with Crippen molar-refractivity contribution in [3.05, 3.63) is 69.9 Å². The van der Waals surface area contributed by atoms with Gasteiger partial charge in [0.15, 0.2) is 5.43 Å². The van der Waals surface area contributed by atoms with Crippen LogP contribution in [0.3, 0.4) is 0 Å². The number of benzene rings is 2. The number of carboxylic acids is 1. The molecule has 3 N–H and O–H groups in total. The number of carboxylic acid groups (broad SMARTS) is 1. The number of ether oxygens (including phenoxy) is 2. The summed E-state index contributed by atoms with van der Waals surface area (Å²) < 4.78 is 16.9. The first kappa shape index (κ1) is 30.3. The van der Waals surface area contributed by atoms with Crippen LogP contribution in [0, 0.1) is 5.92 Å². The highest BCUT2D eigenvalue weighted by Crippen LogP contribution is 2.42. The predicted octanol–water partition coefficient (Wildman–Crippen LogP) is 4.97. The van der Waals surface area contributed by atoms with Crippen LogP contribution in [0.4, 0.5) is 0 Å². The second-order valence-electron chi connectivity index (χ2n) is 9.78. The van der Waals surface area contributed by atoms with Gasteiger partial charge in [-0.3, -0.25) is 9.59 Å². The minimum Gasteiger partial charge on any atom is -0.508 e. The van der Waals surface area contributed by atoms with Crippen LogP contribution in [-0.4, -0.2) is 60.9 Å². The van der Waals surface area contributed by atoms with E-state index >= 15 is 0 Å². The molecule has 0 radical (unpaired) electrons. The third-order valence-corrected chi connectivity index (χ3v) is 7.10. The molecule has 218 valence electrons. The molecule has 10 heteroatoms. The molecule has 0 saturated heterocycles. The lowest BCUT2D eigenvalue weighted by atomic mass is 9.83. The number of hydrogen-bond donors (Lipinski definition) is 3. The number of hydrogen-bond acceptors (Lipinski definition) is 7. The molecule has 2 aliphatic carbocycles. The van der Waals surface area contributed by atoms with E-state index < -0.39 is 11.9 Å². The molecule has 3 aliphatic rings. The van der Waals surface area contributed by atoms with Crippen molar-refractivity contribution in [3.63, 3.8) is 0 Å². The molecule has 1 aliphatic heterocycles. The van der Waals surface area contributed by atoms with Crippen LogP contribution in [0.5, 0.6) is 5.75 Å². The fourth-order valence-electron chi connectivity index (χ4n) is 4.82. The molecular formula is C31H34ClNO8. The number of aliphatic carboxylic acids is 1. The van der Waals surface area contributed by atoms with Crippen molar-refractivity contribution in [1.82, 2.24) is 5.32 Å². The summed E-state index contributed by atoms with van der Waals surface area (Å²) in [6.45, 7) is 2.19. The van der Waals surface area contributed by atoms with E-state index in [0.29, 0.717) is 60.0 Å². The Hall–Kier alpha value is -3.66. The Bertz CT molecular complexity index is 1460. The van der Waals surface area contributed by atoms with Crippen molar-refractivity contribution in [2.75, 3.05) is 38.9 Å². The van der Waals surface area contributed by atoms with Gasteiger partial charge in [-0.2, -0.15) is 0 Å². The Morgan fingerprint density at radius 1 is 1.00 bits per heavy atom.